The predicted molar refractivity (Wildman–Crippen MR) is 44.0 cm³/mol. The Balaban J connectivity index is 2.40. The minimum absolute atomic E-state index is 0.00231. The van der Waals surface area contributed by atoms with Crippen LogP contribution in [0.2, 0.25) is 0 Å². The van der Waals surface area contributed by atoms with E-state index in [0.29, 0.717) is 5.92 Å². The molecular weight excluding hydrogens is 138 g/mol. The predicted octanol–water partition coefficient (Wildman–Crippen LogP) is 0.885. The van der Waals surface area contributed by atoms with Crippen molar-refractivity contribution >= 4 is 0 Å². The van der Waals surface area contributed by atoms with E-state index in [1.54, 1.807) is 0 Å². The molecule has 2 heteroatoms. The number of rotatable bonds is 0. The molecule has 0 aliphatic heterocycles. The largest absolute Gasteiger partial charge is 0.392 e. The van der Waals surface area contributed by atoms with Gasteiger partial charge in [-0.2, -0.15) is 0 Å². The third-order valence-electron chi connectivity index (χ3n) is 4.33. The molecule has 2 bridgehead atoms. The first-order valence-corrected chi connectivity index (χ1v) is 4.45. The van der Waals surface area contributed by atoms with E-state index in [4.69, 9.17) is 5.73 Å². The second-order valence-electron chi connectivity index (χ2n) is 4.69. The SMILES string of the molecule is CC1(N)C2CCC1(C)C(O)C2. The lowest BCUT2D eigenvalue weighted by Crippen LogP contribution is -2.50. The molecule has 0 aromatic rings. The number of aliphatic hydroxyl groups is 1. The molecule has 64 valence electrons. The maximum absolute atomic E-state index is 9.73. The molecule has 4 atom stereocenters. The molecule has 2 fully saturated rings. The van der Waals surface area contributed by atoms with Crippen LogP contribution in [-0.2, 0) is 0 Å². The van der Waals surface area contributed by atoms with E-state index < -0.39 is 0 Å². The van der Waals surface area contributed by atoms with E-state index >= 15 is 0 Å². The average molecular weight is 155 g/mol. The topological polar surface area (TPSA) is 46.2 Å². The van der Waals surface area contributed by atoms with Gasteiger partial charge in [-0.25, -0.2) is 0 Å². The molecule has 2 saturated carbocycles. The van der Waals surface area contributed by atoms with Gasteiger partial charge in [-0.15, -0.1) is 0 Å². The number of aliphatic hydroxyl groups excluding tert-OH is 1. The van der Waals surface area contributed by atoms with Crippen LogP contribution in [0.3, 0.4) is 0 Å². The van der Waals surface area contributed by atoms with Crippen molar-refractivity contribution in [3.8, 4) is 0 Å². The summed E-state index contributed by atoms with van der Waals surface area (Å²) in [5.41, 5.74) is 6.07. The number of nitrogens with two attached hydrogens (primary N) is 1. The highest BCUT2D eigenvalue weighted by atomic mass is 16.3. The van der Waals surface area contributed by atoms with Crippen molar-refractivity contribution < 1.29 is 5.11 Å². The normalized spacial score (nSPS) is 62.2. The highest BCUT2D eigenvalue weighted by molar-refractivity contribution is 5.16. The fourth-order valence-corrected chi connectivity index (χ4v) is 2.93. The van der Waals surface area contributed by atoms with Crippen LogP contribution in [0, 0.1) is 11.3 Å². The van der Waals surface area contributed by atoms with Gasteiger partial charge < -0.3 is 10.8 Å². The van der Waals surface area contributed by atoms with Crippen LogP contribution >= 0.6 is 0 Å². The third-order valence-corrected chi connectivity index (χ3v) is 4.33. The molecule has 0 heterocycles. The van der Waals surface area contributed by atoms with E-state index in [1.165, 1.54) is 6.42 Å². The monoisotopic (exact) mass is 155 g/mol. The number of hydrogen-bond donors (Lipinski definition) is 2. The Labute approximate surface area is 67.8 Å². The molecule has 0 aromatic carbocycles. The van der Waals surface area contributed by atoms with Crippen molar-refractivity contribution in [1.29, 1.82) is 0 Å². The minimum atomic E-state index is -0.156. The van der Waals surface area contributed by atoms with Crippen LogP contribution in [-0.4, -0.2) is 16.7 Å². The van der Waals surface area contributed by atoms with Gasteiger partial charge in [-0.3, -0.25) is 0 Å². The van der Waals surface area contributed by atoms with Crippen molar-refractivity contribution in [2.75, 3.05) is 0 Å². The van der Waals surface area contributed by atoms with Gasteiger partial charge >= 0.3 is 0 Å². The zero-order valence-electron chi connectivity index (χ0n) is 7.30. The van der Waals surface area contributed by atoms with Gasteiger partial charge in [0.25, 0.3) is 0 Å². The Morgan fingerprint density at radius 3 is 2.27 bits per heavy atom. The van der Waals surface area contributed by atoms with E-state index in [-0.39, 0.29) is 17.1 Å². The molecule has 0 amide bonds. The molecule has 2 aliphatic carbocycles. The maximum atomic E-state index is 9.73. The third kappa shape index (κ3) is 0.651. The summed E-state index contributed by atoms with van der Waals surface area (Å²) in [6, 6.07) is 0. The molecule has 2 rings (SSSR count). The van der Waals surface area contributed by atoms with E-state index in [2.05, 4.69) is 13.8 Å². The molecular formula is C9H17NO. The summed E-state index contributed by atoms with van der Waals surface area (Å²) in [5.74, 6) is 0.558. The Kier molecular flexibility index (Phi) is 1.24. The molecule has 0 radical (unpaired) electrons. The van der Waals surface area contributed by atoms with Crippen molar-refractivity contribution in [2.24, 2.45) is 17.1 Å². The highest BCUT2D eigenvalue weighted by Crippen LogP contribution is 2.58. The summed E-state index contributed by atoms with van der Waals surface area (Å²) < 4.78 is 0. The number of fused-ring (bicyclic) bond motifs is 2. The van der Waals surface area contributed by atoms with Crippen LogP contribution in [0.1, 0.15) is 33.1 Å². The van der Waals surface area contributed by atoms with Gasteiger partial charge in [0.05, 0.1) is 6.10 Å². The summed E-state index contributed by atoms with van der Waals surface area (Å²) in [6.45, 7) is 4.23. The van der Waals surface area contributed by atoms with Gasteiger partial charge in [0, 0.05) is 11.0 Å². The molecule has 3 N–H and O–H groups in total. The maximum Gasteiger partial charge on any atom is 0.0614 e. The summed E-state index contributed by atoms with van der Waals surface area (Å²) >= 11 is 0. The van der Waals surface area contributed by atoms with Gasteiger partial charge in [-0.05, 0) is 32.1 Å². The fourth-order valence-electron chi connectivity index (χ4n) is 2.93. The molecule has 2 nitrogen and oxygen atoms in total. The lowest BCUT2D eigenvalue weighted by atomic mass is 9.75. The van der Waals surface area contributed by atoms with Gasteiger partial charge in [0.2, 0.25) is 0 Å². The lowest BCUT2D eigenvalue weighted by Gasteiger charge is -2.36. The molecule has 2 aliphatic rings. The molecule has 0 saturated heterocycles. The minimum Gasteiger partial charge on any atom is -0.392 e. The van der Waals surface area contributed by atoms with Crippen LogP contribution in [0.25, 0.3) is 0 Å². The molecule has 4 unspecified atom stereocenters. The van der Waals surface area contributed by atoms with Crippen LogP contribution in [0.5, 0.6) is 0 Å². The zero-order valence-corrected chi connectivity index (χ0v) is 7.30. The first-order valence-electron chi connectivity index (χ1n) is 4.45. The second-order valence-corrected chi connectivity index (χ2v) is 4.69. The Bertz CT molecular complexity index is 190. The first-order chi connectivity index (χ1) is 4.98. The Hall–Kier alpha value is -0.0800. The highest BCUT2D eigenvalue weighted by Gasteiger charge is 2.61. The molecule has 0 aromatic heterocycles. The van der Waals surface area contributed by atoms with E-state index in [1.807, 2.05) is 0 Å². The van der Waals surface area contributed by atoms with E-state index in [9.17, 15) is 5.11 Å². The zero-order chi connectivity index (χ0) is 8.28. The van der Waals surface area contributed by atoms with Crippen LogP contribution in [0.15, 0.2) is 0 Å². The van der Waals surface area contributed by atoms with Crippen molar-refractivity contribution in [3.63, 3.8) is 0 Å². The van der Waals surface area contributed by atoms with Gasteiger partial charge in [-0.1, -0.05) is 6.92 Å². The summed E-state index contributed by atoms with van der Waals surface area (Å²) in [5, 5.41) is 9.73. The lowest BCUT2D eigenvalue weighted by molar-refractivity contribution is 0.0327. The van der Waals surface area contributed by atoms with E-state index in [0.717, 1.165) is 12.8 Å². The van der Waals surface area contributed by atoms with Crippen LogP contribution < -0.4 is 5.73 Å². The quantitative estimate of drug-likeness (QED) is 0.545. The summed E-state index contributed by atoms with van der Waals surface area (Å²) in [6.07, 6.45) is 3.08. The summed E-state index contributed by atoms with van der Waals surface area (Å²) in [4.78, 5) is 0. The van der Waals surface area contributed by atoms with Gasteiger partial charge in [0.15, 0.2) is 0 Å². The Morgan fingerprint density at radius 1 is 1.45 bits per heavy atom. The first kappa shape index (κ1) is 7.56. The molecule has 0 spiro atoms. The molecule has 11 heavy (non-hydrogen) atoms. The second kappa shape index (κ2) is 1.80. The smallest absolute Gasteiger partial charge is 0.0614 e. The van der Waals surface area contributed by atoms with Crippen LogP contribution in [0.4, 0.5) is 0 Å². The average Bonchev–Trinajstić information content (AvgIpc) is 2.20. The van der Waals surface area contributed by atoms with Gasteiger partial charge in [0.1, 0.15) is 0 Å². The summed E-state index contributed by atoms with van der Waals surface area (Å²) in [7, 11) is 0. The Morgan fingerprint density at radius 2 is 2.09 bits per heavy atom. The van der Waals surface area contributed by atoms with Crippen molar-refractivity contribution in [3.05, 3.63) is 0 Å². The number of hydrogen-bond acceptors (Lipinski definition) is 2. The fraction of sp³-hybridized carbons (Fsp3) is 1.00. The van der Waals surface area contributed by atoms with Crippen molar-refractivity contribution in [1.82, 2.24) is 0 Å². The standard InChI is InChI=1S/C9H17NO/c1-8-4-3-6(5-7(8)11)9(8,2)10/h6-7,11H,3-5,10H2,1-2H3. The van der Waals surface area contributed by atoms with Crippen molar-refractivity contribution in [2.45, 2.75) is 44.8 Å².